The topological polar surface area (TPSA) is 163 Å². The Morgan fingerprint density at radius 2 is 1.62 bits per heavy atom. The number of esters is 1. The number of hydrogen-bond acceptors (Lipinski definition) is 8. The Morgan fingerprint density at radius 1 is 0.900 bits per heavy atom. The third-order valence-electron chi connectivity index (χ3n) is 8.70. The van der Waals surface area contributed by atoms with Gasteiger partial charge in [0.1, 0.15) is 6.04 Å². The summed E-state index contributed by atoms with van der Waals surface area (Å²) in [7, 11) is 0. The van der Waals surface area contributed by atoms with Gasteiger partial charge in [0.25, 0.3) is 0 Å². The van der Waals surface area contributed by atoms with Gasteiger partial charge < -0.3 is 35.1 Å². The minimum atomic E-state index is -1.67. The number of rotatable bonds is 15. The first-order valence-corrected chi connectivity index (χ1v) is 17.0. The van der Waals surface area contributed by atoms with Gasteiger partial charge in [-0.15, -0.1) is 0 Å². The number of fused-ring (bicyclic) bond motifs is 1. The van der Waals surface area contributed by atoms with Crippen LogP contribution in [-0.4, -0.2) is 94.3 Å². The molecule has 0 aliphatic carbocycles. The van der Waals surface area contributed by atoms with Gasteiger partial charge in [-0.3, -0.25) is 14.4 Å². The smallest absolute Gasteiger partial charge is 0.337 e. The van der Waals surface area contributed by atoms with Gasteiger partial charge in [-0.05, 0) is 48.6 Å². The molecule has 50 heavy (non-hydrogen) atoms. The van der Waals surface area contributed by atoms with Gasteiger partial charge in [0.05, 0.1) is 43.3 Å². The number of ether oxygens (including phenoxy) is 2. The highest BCUT2D eigenvalue weighted by Gasteiger charge is 2.34. The lowest BCUT2D eigenvalue weighted by molar-refractivity contribution is -0.159. The van der Waals surface area contributed by atoms with E-state index in [-0.39, 0.29) is 31.6 Å². The molecule has 3 aromatic carbocycles. The first kappa shape index (κ1) is 36.2. The number of imidazole rings is 1. The van der Waals surface area contributed by atoms with Crippen LogP contribution in [0.2, 0.25) is 0 Å². The van der Waals surface area contributed by atoms with E-state index in [1.54, 1.807) is 24.9 Å². The molecule has 5 rings (SSSR count). The molecule has 2 unspecified atom stereocenters. The van der Waals surface area contributed by atoms with Crippen molar-refractivity contribution in [1.82, 2.24) is 25.5 Å². The van der Waals surface area contributed by atoms with E-state index in [9.17, 15) is 24.3 Å². The number of nitrogens with one attached hydrogen (secondary N) is 3. The molecule has 0 radical (unpaired) electrons. The molecule has 3 amide bonds. The van der Waals surface area contributed by atoms with Gasteiger partial charge >= 0.3 is 5.97 Å². The number of nitrogens with zero attached hydrogens (tertiary/aromatic N) is 2. The summed E-state index contributed by atoms with van der Waals surface area (Å²) in [6.07, 6.45) is 1.28. The fourth-order valence-electron chi connectivity index (χ4n) is 6.12. The highest BCUT2D eigenvalue weighted by atomic mass is 16.6. The Hall–Kier alpha value is -5.07. The minimum absolute atomic E-state index is 0.0179. The van der Waals surface area contributed by atoms with Gasteiger partial charge in [0.2, 0.25) is 17.7 Å². The van der Waals surface area contributed by atoms with Crippen LogP contribution in [0.25, 0.3) is 10.8 Å². The lowest BCUT2D eigenvalue weighted by atomic mass is 9.91. The Kier molecular flexibility index (Phi) is 12.7. The summed E-state index contributed by atoms with van der Waals surface area (Å²) in [5.41, 5.74) is 2.19. The predicted octanol–water partition coefficient (Wildman–Crippen LogP) is 2.74. The second-order valence-electron chi connectivity index (χ2n) is 12.8. The van der Waals surface area contributed by atoms with Crippen LogP contribution in [0.5, 0.6) is 0 Å². The lowest BCUT2D eigenvalue weighted by Crippen LogP contribution is -2.56. The molecule has 12 heteroatoms. The first-order chi connectivity index (χ1) is 24.2. The largest absolute Gasteiger partial charge is 0.461 e. The van der Waals surface area contributed by atoms with Crippen molar-refractivity contribution in [2.75, 3.05) is 26.3 Å². The summed E-state index contributed by atoms with van der Waals surface area (Å²) >= 11 is 0. The van der Waals surface area contributed by atoms with E-state index < -0.39 is 48.0 Å². The molecule has 2 heterocycles. The maximum absolute atomic E-state index is 14.2. The molecule has 1 aliphatic heterocycles. The fourth-order valence-corrected chi connectivity index (χ4v) is 6.12. The maximum atomic E-state index is 14.2. The van der Waals surface area contributed by atoms with Crippen molar-refractivity contribution in [1.29, 1.82) is 0 Å². The maximum Gasteiger partial charge on any atom is 0.337 e. The van der Waals surface area contributed by atoms with Crippen molar-refractivity contribution >= 4 is 34.5 Å². The monoisotopic (exact) mass is 683 g/mol. The fraction of sp³-hybridized carbons (Fsp3) is 0.395. The predicted molar refractivity (Wildman–Crippen MR) is 187 cm³/mol. The number of carbonyl (C=O) groups excluding carboxylic acids is 4. The standard InChI is InChI=1S/C38H45N5O7/c1-25(2)50-38(48)35(45)32(19-26-9-4-3-5-10-26)41-37(47)33(22-30-23-39-24-40-30)42-36(46)29(21-34(44)43-15-17-49-18-16-43)20-28-13-8-12-27-11-6-7-14-31(27)28/h3-14,23-25,29,32-33,35,45H,15-22H2,1-2H3,(H,39,40)(H,41,47)(H,42,46)/t29?,32-,33-,35?/m0/s1. The number of aliphatic hydroxyl groups is 1. The van der Waals surface area contributed by atoms with Crippen molar-refractivity contribution < 1.29 is 33.8 Å². The zero-order valence-electron chi connectivity index (χ0n) is 28.4. The Labute approximate surface area is 291 Å². The third-order valence-corrected chi connectivity index (χ3v) is 8.70. The van der Waals surface area contributed by atoms with E-state index in [1.807, 2.05) is 72.8 Å². The zero-order valence-corrected chi connectivity index (χ0v) is 28.4. The quantitative estimate of drug-likeness (QED) is 0.139. The van der Waals surface area contributed by atoms with Crippen LogP contribution in [0.4, 0.5) is 0 Å². The summed E-state index contributed by atoms with van der Waals surface area (Å²) in [5.74, 6) is -2.95. The number of hydrogen-bond donors (Lipinski definition) is 4. The van der Waals surface area contributed by atoms with Crippen LogP contribution in [-0.2, 0) is 47.9 Å². The van der Waals surface area contributed by atoms with Crippen molar-refractivity contribution in [2.24, 2.45) is 5.92 Å². The van der Waals surface area contributed by atoms with Crippen LogP contribution in [0.15, 0.2) is 85.3 Å². The molecule has 4 aromatic rings. The Morgan fingerprint density at radius 3 is 2.34 bits per heavy atom. The summed E-state index contributed by atoms with van der Waals surface area (Å²) in [6.45, 7) is 5.08. The van der Waals surface area contributed by atoms with Crippen LogP contribution in [0.1, 0.15) is 37.1 Å². The van der Waals surface area contributed by atoms with Gasteiger partial charge in [-0.1, -0.05) is 72.8 Å². The first-order valence-electron chi connectivity index (χ1n) is 17.0. The summed E-state index contributed by atoms with van der Waals surface area (Å²) in [4.78, 5) is 63.5. The van der Waals surface area contributed by atoms with Crippen LogP contribution < -0.4 is 10.6 Å². The number of H-pyrrole nitrogens is 1. The van der Waals surface area contributed by atoms with Gasteiger partial charge in [-0.2, -0.15) is 0 Å². The third kappa shape index (κ3) is 9.99. The van der Waals surface area contributed by atoms with Crippen molar-refractivity contribution in [2.45, 2.75) is 63.8 Å². The van der Waals surface area contributed by atoms with Crippen LogP contribution in [0.3, 0.4) is 0 Å². The molecule has 4 atom stereocenters. The van der Waals surface area contributed by atoms with E-state index in [0.717, 1.165) is 21.9 Å². The zero-order chi connectivity index (χ0) is 35.5. The minimum Gasteiger partial charge on any atom is -0.461 e. The number of aromatic nitrogens is 2. The molecule has 264 valence electrons. The lowest BCUT2D eigenvalue weighted by Gasteiger charge is -2.29. The number of aromatic amines is 1. The molecule has 0 bridgehead atoms. The van der Waals surface area contributed by atoms with E-state index >= 15 is 0 Å². The van der Waals surface area contributed by atoms with Gasteiger partial charge in [-0.25, -0.2) is 9.78 Å². The molecule has 1 saturated heterocycles. The highest BCUT2D eigenvalue weighted by Crippen LogP contribution is 2.24. The average Bonchev–Trinajstić information content (AvgIpc) is 3.64. The summed E-state index contributed by atoms with van der Waals surface area (Å²) in [5, 5.41) is 18.8. The summed E-state index contributed by atoms with van der Waals surface area (Å²) in [6, 6.07) is 20.6. The van der Waals surface area contributed by atoms with E-state index in [2.05, 4.69) is 20.6 Å². The van der Waals surface area contributed by atoms with E-state index in [0.29, 0.717) is 32.0 Å². The SMILES string of the molecule is CC(C)OC(=O)C(O)[C@H](Cc1ccccc1)NC(=O)[C@H](Cc1c[nH]cn1)NC(=O)C(CC(=O)N1CCOCC1)Cc1cccc2ccccc12. The van der Waals surface area contributed by atoms with Crippen molar-refractivity contribution in [3.05, 3.63) is 102 Å². The normalized spacial score (nSPS) is 15.6. The van der Waals surface area contributed by atoms with E-state index in [4.69, 9.17) is 9.47 Å². The molecule has 0 saturated carbocycles. The summed E-state index contributed by atoms with van der Waals surface area (Å²) < 4.78 is 10.7. The molecule has 1 aromatic heterocycles. The average molecular weight is 684 g/mol. The molecule has 12 nitrogen and oxygen atoms in total. The second-order valence-corrected chi connectivity index (χ2v) is 12.8. The molecule has 1 fully saturated rings. The van der Waals surface area contributed by atoms with Crippen LogP contribution >= 0.6 is 0 Å². The van der Waals surface area contributed by atoms with Crippen LogP contribution in [0, 0.1) is 5.92 Å². The van der Waals surface area contributed by atoms with Crippen molar-refractivity contribution in [3.63, 3.8) is 0 Å². The molecule has 1 aliphatic rings. The van der Waals surface area contributed by atoms with Crippen molar-refractivity contribution in [3.8, 4) is 0 Å². The number of morpholine rings is 1. The molecule has 4 N–H and O–H groups in total. The number of benzene rings is 3. The molecular weight excluding hydrogens is 638 g/mol. The second kappa shape index (κ2) is 17.5. The Bertz CT molecular complexity index is 1720. The number of aliphatic hydroxyl groups excluding tert-OH is 1. The number of amides is 3. The van der Waals surface area contributed by atoms with E-state index in [1.165, 1.54) is 6.33 Å². The molecule has 0 spiro atoms. The van der Waals surface area contributed by atoms with Gasteiger partial charge in [0.15, 0.2) is 6.10 Å². The Balaban J connectivity index is 1.41. The highest BCUT2D eigenvalue weighted by molar-refractivity contribution is 5.92. The van der Waals surface area contributed by atoms with Gasteiger partial charge in [0, 0.05) is 32.1 Å². The number of carbonyl (C=O) groups is 4. The molecular formula is C38H45N5O7.